The zero-order chi connectivity index (χ0) is 17.4. The number of piperidine rings is 1. The molecule has 0 saturated carbocycles. The molecule has 2 fully saturated rings. The van der Waals surface area contributed by atoms with E-state index in [-0.39, 0.29) is 0 Å². The van der Waals surface area contributed by atoms with Crippen LogP contribution in [0.5, 0.6) is 0 Å². The molecule has 0 spiro atoms. The van der Waals surface area contributed by atoms with Gasteiger partial charge in [-0.2, -0.15) is 0 Å². The van der Waals surface area contributed by atoms with Crippen molar-refractivity contribution in [3.63, 3.8) is 0 Å². The average molecular weight is 363 g/mol. The summed E-state index contributed by atoms with van der Waals surface area (Å²) in [6.07, 6.45) is 5.04. The first-order valence-electron chi connectivity index (χ1n) is 8.91. The monoisotopic (exact) mass is 363 g/mol. The van der Waals surface area contributed by atoms with Crippen LogP contribution in [0.2, 0.25) is 0 Å². The number of rotatable bonds is 3. The van der Waals surface area contributed by atoms with Gasteiger partial charge in [0, 0.05) is 49.0 Å². The van der Waals surface area contributed by atoms with Crippen LogP contribution in [0.4, 0.5) is 5.69 Å². The standard InChI is InChI=1S/C18H25N3O3S/c1-25(22,23)21-6-3-14(4-7-21)17-12-15(20-8-10-24-11-9-20)13-18-16(17)2-5-19-18/h2,5,12-14,19H,3-4,6-11H2,1H3. The second-order valence-corrected chi connectivity index (χ2v) is 8.99. The Balaban J connectivity index is 1.63. The topological polar surface area (TPSA) is 65.6 Å². The molecule has 0 radical (unpaired) electrons. The van der Waals surface area contributed by atoms with Crippen molar-refractivity contribution in [1.29, 1.82) is 0 Å². The molecule has 0 unspecified atom stereocenters. The smallest absolute Gasteiger partial charge is 0.211 e. The second-order valence-electron chi connectivity index (χ2n) is 7.01. The number of hydrogen-bond donors (Lipinski definition) is 1. The molecule has 2 aliphatic rings. The fraction of sp³-hybridized carbons (Fsp3) is 0.556. The van der Waals surface area contributed by atoms with Crippen molar-refractivity contribution in [3.05, 3.63) is 30.0 Å². The molecule has 1 N–H and O–H groups in total. The zero-order valence-electron chi connectivity index (χ0n) is 14.6. The minimum Gasteiger partial charge on any atom is -0.378 e. The van der Waals surface area contributed by atoms with Crippen molar-refractivity contribution in [2.75, 3.05) is 50.5 Å². The molecule has 0 atom stereocenters. The summed E-state index contributed by atoms with van der Waals surface area (Å²) in [5.74, 6) is 0.400. The molecule has 4 rings (SSSR count). The van der Waals surface area contributed by atoms with Gasteiger partial charge in [-0.05, 0) is 42.5 Å². The Bertz CT molecular complexity index is 848. The van der Waals surface area contributed by atoms with Crippen LogP contribution < -0.4 is 4.90 Å². The van der Waals surface area contributed by atoms with E-state index in [1.807, 2.05) is 6.20 Å². The van der Waals surface area contributed by atoms with Gasteiger partial charge in [-0.25, -0.2) is 12.7 Å². The molecule has 2 aromatic rings. The average Bonchev–Trinajstić information content (AvgIpc) is 3.09. The molecule has 25 heavy (non-hydrogen) atoms. The Labute approximate surface area is 148 Å². The summed E-state index contributed by atoms with van der Waals surface area (Å²) in [5, 5.41) is 1.26. The number of anilines is 1. The highest BCUT2D eigenvalue weighted by Gasteiger charge is 2.27. The van der Waals surface area contributed by atoms with Crippen molar-refractivity contribution in [2.24, 2.45) is 0 Å². The van der Waals surface area contributed by atoms with E-state index in [1.165, 1.54) is 22.9 Å². The summed E-state index contributed by atoms with van der Waals surface area (Å²) in [5.41, 5.74) is 3.73. The number of aromatic nitrogens is 1. The molecule has 136 valence electrons. The van der Waals surface area contributed by atoms with E-state index in [0.29, 0.717) is 19.0 Å². The van der Waals surface area contributed by atoms with Crippen molar-refractivity contribution >= 4 is 26.6 Å². The molecule has 2 aliphatic heterocycles. The largest absolute Gasteiger partial charge is 0.378 e. The molecular weight excluding hydrogens is 338 g/mol. The number of nitrogens with one attached hydrogen (secondary N) is 1. The van der Waals surface area contributed by atoms with Crippen LogP contribution in [-0.4, -0.2) is 63.4 Å². The number of hydrogen-bond acceptors (Lipinski definition) is 4. The lowest BCUT2D eigenvalue weighted by molar-refractivity contribution is 0.122. The fourth-order valence-electron chi connectivity index (χ4n) is 4.02. The van der Waals surface area contributed by atoms with Crippen LogP contribution in [0.25, 0.3) is 10.9 Å². The quantitative estimate of drug-likeness (QED) is 0.907. The molecule has 7 heteroatoms. The summed E-state index contributed by atoms with van der Waals surface area (Å²) >= 11 is 0. The maximum atomic E-state index is 11.8. The van der Waals surface area contributed by atoms with Crippen LogP contribution in [0, 0.1) is 0 Å². The minimum atomic E-state index is -3.08. The number of ether oxygens (including phenoxy) is 1. The Kier molecular flexibility index (Phi) is 4.47. The van der Waals surface area contributed by atoms with E-state index in [2.05, 4.69) is 28.1 Å². The van der Waals surface area contributed by atoms with Gasteiger partial charge in [-0.3, -0.25) is 0 Å². The predicted octanol–water partition coefficient (Wildman–Crippen LogP) is 2.14. The Morgan fingerprint density at radius 1 is 1.12 bits per heavy atom. The Hall–Kier alpha value is -1.57. The van der Waals surface area contributed by atoms with E-state index < -0.39 is 10.0 Å². The van der Waals surface area contributed by atoms with Gasteiger partial charge in [0.05, 0.1) is 19.5 Å². The van der Waals surface area contributed by atoms with Crippen LogP contribution in [0.1, 0.15) is 24.3 Å². The molecule has 0 bridgehead atoms. The highest BCUT2D eigenvalue weighted by Crippen LogP contribution is 2.36. The minimum absolute atomic E-state index is 0.400. The summed E-state index contributed by atoms with van der Waals surface area (Å²) in [7, 11) is -3.08. The summed E-state index contributed by atoms with van der Waals surface area (Å²) in [6, 6.07) is 6.66. The van der Waals surface area contributed by atoms with Gasteiger partial charge in [0.25, 0.3) is 0 Å². The van der Waals surface area contributed by atoms with Crippen LogP contribution in [0.15, 0.2) is 24.4 Å². The lowest BCUT2D eigenvalue weighted by Gasteiger charge is -2.33. The van der Waals surface area contributed by atoms with E-state index in [1.54, 1.807) is 4.31 Å². The number of aromatic amines is 1. The van der Waals surface area contributed by atoms with Crippen LogP contribution in [-0.2, 0) is 14.8 Å². The second kappa shape index (κ2) is 6.63. The van der Waals surface area contributed by atoms with Crippen molar-refractivity contribution in [1.82, 2.24) is 9.29 Å². The van der Waals surface area contributed by atoms with Crippen molar-refractivity contribution in [3.8, 4) is 0 Å². The highest BCUT2D eigenvalue weighted by atomic mass is 32.2. The van der Waals surface area contributed by atoms with Gasteiger partial charge in [0.2, 0.25) is 10.0 Å². The van der Waals surface area contributed by atoms with Crippen LogP contribution >= 0.6 is 0 Å². The van der Waals surface area contributed by atoms with Gasteiger partial charge in [0.15, 0.2) is 0 Å². The van der Waals surface area contributed by atoms with Gasteiger partial charge in [-0.15, -0.1) is 0 Å². The van der Waals surface area contributed by atoms with Crippen molar-refractivity contribution in [2.45, 2.75) is 18.8 Å². The first-order valence-corrected chi connectivity index (χ1v) is 10.8. The maximum Gasteiger partial charge on any atom is 0.211 e. The highest BCUT2D eigenvalue weighted by molar-refractivity contribution is 7.88. The maximum absolute atomic E-state index is 11.8. The van der Waals surface area contributed by atoms with E-state index in [9.17, 15) is 8.42 Å². The number of nitrogens with zero attached hydrogens (tertiary/aromatic N) is 2. The zero-order valence-corrected chi connectivity index (χ0v) is 15.4. The third-order valence-corrected chi connectivity index (χ3v) is 6.73. The molecule has 2 saturated heterocycles. The molecule has 1 aromatic carbocycles. The number of H-pyrrole nitrogens is 1. The molecular formula is C18H25N3O3S. The summed E-state index contributed by atoms with van der Waals surface area (Å²) in [6.45, 7) is 4.58. The van der Waals surface area contributed by atoms with Crippen molar-refractivity contribution < 1.29 is 13.2 Å². The predicted molar refractivity (Wildman–Crippen MR) is 99.7 cm³/mol. The van der Waals surface area contributed by atoms with Gasteiger partial charge < -0.3 is 14.6 Å². The van der Waals surface area contributed by atoms with Crippen LogP contribution in [0.3, 0.4) is 0 Å². The molecule has 0 amide bonds. The van der Waals surface area contributed by atoms with E-state index >= 15 is 0 Å². The van der Waals surface area contributed by atoms with Gasteiger partial charge in [0.1, 0.15) is 0 Å². The number of benzene rings is 1. The molecule has 3 heterocycles. The Morgan fingerprint density at radius 2 is 1.84 bits per heavy atom. The van der Waals surface area contributed by atoms with Gasteiger partial charge in [-0.1, -0.05) is 0 Å². The lowest BCUT2D eigenvalue weighted by Crippen LogP contribution is -2.37. The SMILES string of the molecule is CS(=O)(=O)N1CCC(c2cc(N3CCOCC3)cc3[nH]ccc23)CC1. The number of morpholine rings is 1. The third-order valence-electron chi connectivity index (χ3n) is 5.42. The molecule has 1 aromatic heterocycles. The first kappa shape index (κ1) is 16.9. The normalized spacial score (nSPS) is 21.1. The number of sulfonamides is 1. The number of fused-ring (bicyclic) bond motifs is 1. The summed E-state index contributed by atoms with van der Waals surface area (Å²) in [4.78, 5) is 5.72. The summed E-state index contributed by atoms with van der Waals surface area (Å²) < 4.78 is 30.6. The first-order chi connectivity index (χ1) is 12.0. The fourth-order valence-corrected chi connectivity index (χ4v) is 4.89. The van der Waals surface area contributed by atoms with E-state index in [4.69, 9.17) is 4.74 Å². The Morgan fingerprint density at radius 3 is 2.52 bits per heavy atom. The third kappa shape index (κ3) is 3.41. The van der Waals surface area contributed by atoms with E-state index in [0.717, 1.165) is 44.7 Å². The van der Waals surface area contributed by atoms with Gasteiger partial charge >= 0.3 is 0 Å². The molecule has 0 aliphatic carbocycles. The lowest BCUT2D eigenvalue weighted by atomic mass is 9.87. The molecule has 6 nitrogen and oxygen atoms in total.